The van der Waals surface area contributed by atoms with E-state index < -0.39 is 0 Å². The van der Waals surface area contributed by atoms with Gasteiger partial charge in [0.1, 0.15) is 0 Å². The summed E-state index contributed by atoms with van der Waals surface area (Å²) in [5.41, 5.74) is 14.9. The number of nitrogens with zero attached hydrogens (tertiary/aromatic N) is 1. The number of hydrogen-bond acceptors (Lipinski definition) is 0. The smallest absolute Gasteiger partial charge is 0.160 e. The van der Waals surface area contributed by atoms with E-state index in [0.717, 1.165) is 12.8 Å². The predicted octanol–water partition coefficient (Wildman–Crippen LogP) is 7.93. The van der Waals surface area contributed by atoms with E-state index in [2.05, 4.69) is 126 Å². The summed E-state index contributed by atoms with van der Waals surface area (Å²) in [6.45, 7) is 0. The Hall–Kier alpha value is -4.49. The summed E-state index contributed by atoms with van der Waals surface area (Å²) in [7, 11) is 0. The summed E-state index contributed by atoms with van der Waals surface area (Å²) in [5.74, 6) is 0. The second-order valence-electron chi connectivity index (χ2n) is 9.95. The standard InChI is InChI=1S/C35H24N/c1-2-8-23(9-3-1)24-14-16-25(17-15-24)34-30-12-6-4-10-26(30)20-28-22-33-31(35(28)34)19-18-29-21-27-11-5-7-13-32(27)36(29)33/h1-20H,21-22H2/q+1. The molecule has 5 aromatic carbocycles. The molecule has 0 spiro atoms. The molecule has 0 fully saturated rings. The second-order valence-corrected chi connectivity index (χ2v) is 9.95. The van der Waals surface area contributed by atoms with Gasteiger partial charge >= 0.3 is 0 Å². The first-order chi connectivity index (χ1) is 17.8. The van der Waals surface area contributed by atoms with Crippen LogP contribution in [-0.4, -0.2) is 0 Å². The number of rotatable bonds is 2. The summed E-state index contributed by atoms with van der Waals surface area (Å²) in [6, 6.07) is 44.6. The molecule has 0 saturated heterocycles. The lowest BCUT2D eigenvalue weighted by molar-refractivity contribution is -0.604. The van der Waals surface area contributed by atoms with Crippen LogP contribution in [0.25, 0.3) is 49.8 Å². The zero-order valence-electron chi connectivity index (χ0n) is 19.9. The van der Waals surface area contributed by atoms with Gasteiger partial charge < -0.3 is 0 Å². The van der Waals surface area contributed by atoms with Crippen molar-refractivity contribution < 1.29 is 4.57 Å². The largest absolute Gasteiger partial charge is 0.214 e. The zero-order valence-corrected chi connectivity index (χ0v) is 19.9. The van der Waals surface area contributed by atoms with Gasteiger partial charge in [-0.1, -0.05) is 97.1 Å². The Morgan fingerprint density at radius 2 is 1.22 bits per heavy atom. The van der Waals surface area contributed by atoms with Crippen molar-refractivity contribution in [3.05, 3.63) is 144 Å². The lowest BCUT2D eigenvalue weighted by Crippen LogP contribution is -2.36. The molecule has 1 aliphatic carbocycles. The molecule has 8 rings (SSSR count). The van der Waals surface area contributed by atoms with E-state index >= 15 is 0 Å². The molecule has 2 aliphatic rings. The summed E-state index contributed by atoms with van der Waals surface area (Å²) in [4.78, 5) is 0. The van der Waals surface area contributed by atoms with E-state index in [9.17, 15) is 0 Å². The lowest BCUT2D eigenvalue weighted by atomic mass is 9.88. The molecule has 0 atom stereocenters. The summed E-state index contributed by atoms with van der Waals surface area (Å²) in [6.07, 6.45) is 1.97. The first kappa shape index (κ1) is 19.8. The molecule has 0 saturated carbocycles. The van der Waals surface area contributed by atoms with E-state index in [0.29, 0.717) is 0 Å². The number of fused-ring (bicyclic) bond motifs is 8. The molecule has 0 amide bonds. The van der Waals surface area contributed by atoms with Crippen LogP contribution in [0.2, 0.25) is 0 Å². The fourth-order valence-electron chi connectivity index (χ4n) is 6.35. The van der Waals surface area contributed by atoms with Crippen LogP contribution in [0.5, 0.6) is 0 Å². The van der Waals surface area contributed by atoms with Crippen molar-refractivity contribution in [1.82, 2.24) is 0 Å². The van der Waals surface area contributed by atoms with Gasteiger partial charge in [0.05, 0.1) is 18.4 Å². The van der Waals surface area contributed by atoms with Crippen molar-refractivity contribution in [3.8, 4) is 39.1 Å². The lowest BCUT2D eigenvalue weighted by Gasteiger charge is -2.14. The highest BCUT2D eigenvalue weighted by molar-refractivity contribution is 6.07. The quantitative estimate of drug-likeness (QED) is 0.232. The van der Waals surface area contributed by atoms with Crippen molar-refractivity contribution in [3.63, 3.8) is 0 Å². The maximum absolute atomic E-state index is 2.53. The summed E-state index contributed by atoms with van der Waals surface area (Å²) < 4.78 is 2.53. The molecule has 0 radical (unpaired) electrons. The first-order valence-electron chi connectivity index (χ1n) is 12.7. The monoisotopic (exact) mass is 458 g/mol. The Balaban J connectivity index is 1.37. The molecule has 1 aromatic heterocycles. The number of pyridine rings is 1. The Kier molecular flexibility index (Phi) is 4.12. The Labute approximate surface area is 210 Å². The molecule has 36 heavy (non-hydrogen) atoms. The van der Waals surface area contributed by atoms with Gasteiger partial charge in [0.25, 0.3) is 0 Å². The molecule has 1 heteroatoms. The van der Waals surface area contributed by atoms with Crippen molar-refractivity contribution in [2.24, 2.45) is 0 Å². The van der Waals surface area contributed by atoms with Crippen molar-refractivity contribution >= 4 is 10.8 Å². The summed E-state index contributed by atoms with van der Waals surface area (Å²) in [5, 5.41) is 2.63. The maximum Gasteiger partial charge on any atom is 0.214 e. The van der Waals surface area contributed by atoms with Crippen LogP contribution in [0.4, 0.5) is 0 Å². The van der Waals surface area contributed by atoms with E-state index in [-0.39, 0.29) is 0 Å². The van der Waals surface area contributed by atoms with Gasteiger partial charge in [-0.25, -0.2) is 0 Å². The van der Waals surface area contributed by atoms with Crippen LogP contribution in [-0.2, 0) is 12.8 Å². The molecule has 6 aromatic rings. The van der Waals surface area contributed by atoms with Crippen LogP contribution in [0.1, 0.15) is 22.5 Å². The van der Waals surface area contributed by atoms with Crippen molar-refractivity contribution in [1.29, 1.82) is 0 Å². The van der Waals surface area contributed by atoms with E-state index in [4.69, 9.17) is 0 Å². The minimum absolute atomic E-state index is 0.965. The van der Waals surface area contributed by atoms with Crippen LogP contribution >= 0.6 is 0 Å². The topological polar surface area (TPSA) is 3.88 Å². The van der Waals surface area contributed by atoms with Gasteiger partial charge in [-0.05, 0) is 50.7 Å². The molecule has 0 unspecified atom stereocenters. The summed E-state index contributed by atoms with van der Waals surface area (Å²) >= 11 is 0. The Morgan fingerprint density at radius 1 is 0.500 bits per heavy atom. The SMILES string of the molecule is c1ccc(-c2ccc(-c3c4c(cc5ccccc35)Cc3c-4ccc4[n+]3-c3ccccc3C4)cc2)cc1. The third-order valence-electron chi connectivity index (χ3n) is 7.95. The molecule has 1 nitrogen and oxygen atoms in total. The molecule has 0 N–H and O–H groups in total. The molecule has 0 bridgehead atoms. The van der Waals surface area contributed by atoms with Gasteiger partial charge in [0, 0.05) is 23.3 Å². The Morgan fingerprint density at radius 3 is 2.11 bits per heavy atom. The highest BCUT2D eigenvalue weighted by atomic mass is 15.0. The minimum atomic E-state index is 0.965. The van der Waals surface area contributed by atoms with Gasteiger partial charge in [-0.2, -0.15) is 4.57 Å². The average Bonchev–Trinajstić information content (AvgIpc) is 3.50. The van der Waals surface area contributed by atoms with E-state index in [1.54, 1.807) is 0 Å². The number of aromatic nitrogens is 1. The fraction of sp³-hybridized carbons (Fsp3) is 0.0571. The number of hydrogen-bond donors (Lipinski definition) is 0. The zero-order chi connectivity index (χ0) is 23.6. The Bertz CT molecular complexity index is 1810. The van der Waals surface area contributed by atoms with Crippen LogP contribution in [0, 0.1) is 0 Å². The van der Waals surface area contributed by atoms with Crippen LogP contribution in [0.3, 0.4) is 0 Å². The van der Waals surface area contributed by atoms with Crippen molar-refractivity contribution in [2.75, 3.05) is 0 Å². The third kappa shape index (κ3) is 2.80. The highest BCUT2D eigenvalue weighted by Gasteiger charge is 2.37. The van der Waals surface area contributed by atoms with Gasteiger partial charge in [-0.15, -0.1) is 0 Å². The van der Waals surface area contributed by atoms with E-state index in [1.807, 2.05) is 0 Å². The van der Waals surface area contributed by atoms with Gasteiger partial charge in [0.15, 0.2) is 11.4 Å². The van der Waals surface area contributed by atoms with Gasteiger partial charge in [0.2, 0.25) is 5.69 Å². The minimum Gasteiger partial charge on any atom is -0.160 e. The van der Waals surface area contributed by atoms with Crippen LogP contribution < -0.4 is 4.57 Å². The van der Waals surface area contributed by atoms with Crippen molar-refractivity contribution in [2.45, 2.75) is 12.8 Å². The molecule has 2 heterocycles. The predicted molar refractivity (Wildman–Crippen MR) is 147 cm³/mol. The number of benzene rings is 5. The normalized spacial score (nSPS) is 12.8. The highest BCUT2D eigenvalue weighted by Crippen LogP contribution is 2.47. The van der Waals surface area contributed by atoms with Gasteiger partial charge in [-0.3, -0.25) is 0 Å². The molecular weight excluding hydrogens is 434 g/mol. The van der Waals surface area contributed by atoms with Crippen LogP contribution in [0.15, 0.2) is 121 Å². The first-order valence-corrected chi connectivity index (χ1v) is 12.7. The number of para-hydroxylation sites is 1. The maximum atomic E-state index is 2.53. The van der Waals surface area contributed by atoms with E-state index in [1.165, 1.54) is 72.4 Å². The second kappa shape index (κ2) is 7.50. The molecular formula is C35H24N+. The molecule has 1 aliphatic heterocycles. The average molecular weight is 459 g/mol. The molecule has 168 valence electrons. The fourth-order valence-corrected chi connectivity index (χ4v) is 6.35. The third-order valence-corrected chi connectivity index (χ3v) is 7.95.